The first-order valence-electron chi connectivity index (χ1n) is 4.03. The van der Waals surface area contributed by atoms with E-state index < -0.39 is 34.1 Å². The Kier molecular flexibility index (Phi) is 4.72. The quantitative estimate of drug-likeness (QED) is 0.638. The second kappa shape index (κ2) is 5.19. The number of nitro groups is 1. The van der Waals surface area contributed by atoms with Crippen LogP contribution in [0.25, 0.3) is 0 Å². The van der Waals surface area contributed by atoms with E-state index in [1.807, 2.05) is 0 Å². The van der Waals surface area contributed by atoms with Crippen LogP contribution in [-0.4, -0.2) is 16.2 Å². The molecule has 17 heavy (non-hydrogen) atoms. The Morgan fingerprint density at radius 1 is 1.41 bits per heavy atom. The van der Waals surface area contributed by atoms with Crippen molar-refractivity contribution in [2.75, 3.05) is 0 Å². The number of nitrogens with zero attached hydrogens (tertiary/aromatic N) is 1. The molecule has 0 saturated heterocycles. The van der Waals surface area contributed by atoms with E-state index in [1.54, 1.807) is 0 Å². The van der Waals surface area contributed by atoms with Crippen molar-refractivity contribution in [1.82, 2.24) is 0 Å². The van der Waals surface area contributed by atoms with Gasteiger partial charge in [-0.2, -0.15) is 13.2 Å². The number of halogens is 4. The van der Waals surface area contributed by atoms with Gasteiger partial charge in [0.25, 0.3) is 5.69 Å². The van der Waals surface area contributed by atoms with Gasteiger partial charge in [0.05, 0.1) is 4.92 Å². The lowest BCUT2D eigenvalue weighted by atomic mass is 10.1. The van der Waals surface area contributed by atoms with Crippen LogP contribution in [0.3, 0.4) is 0 Å². The first kappa shape index (κ1) is 15.5. The highest BCUT2D eigenvalue weighted by atomic mass is 35.5. The van der Waals surface area contributed by atoms with E-state index in [9.17, 15) is 23.3 Å². The summed E-state index contributed by atoms with van der Waals surface area (Å²) in [7, 11) is 0. The molecule has 0 aliphatic heterocycles. The van der Waals surface area contributed by atoms with E-state index >= 15 is 0 Å². The molecule has 0 radical (unpaired) electrons. The molecule has 0 heterocycles. The molecule has 3 N–H and O–H groups in total. The maximum atomic E-state index is 12.2. The molecule has 9 heteroatoms. The van der Waals surface area contributed by atoms with E-state index in [4.69, 9.17) is 10.8 Å². The van der Waals surface area contributed by atoms with Crippen LogP contribution in [0.2, 0.25) is 0 Å². The van der Waals surface area contributed by atoms with Crippen LogP contribution in [0.1, 0.15) is 11.6 Å². The van der Waals surface area contributed by atoms with E-state index in [0.717, 1.165) is 12.1 Å². The van der Waals surface area contributed by atoms with Crippen LogP contribution >= 0.6 is 12.4 Å². The second-order valence-electron chi connectivity index (χ2n) is 3.02. The van der Waals surface area contributed by atoms with Gasteiger partial charge in [-0.1, -0.05) is 0 Å². The van der Waals surface area contributed by atoms with E-state index in [1.165, 1.54) is 0 Å². The van der Waals surface area contributed by atoms with Crippen molar-refractivity contribution >= 4 is 18.1 Å². The molecule has 0 bridgehead atoms. The number of phenolic OH excluding ortho intramolecular Hbond substituents is 1. The van der Waals surface area contributed by atoms with E-state index in [2.05, 4.69) is 0 Å². The van der Waals surface area contributed by atoms with Crippen molar-refractivity contribution in [2.24, 2.45) is 5.73 Å². The Bertz CT molecular complexity index is 425. The van der Waals surface area contributed by atoms with Crippen LogP contribution in [0.15, 0.2) is 18.2 Å². The predicted molar refractivity (Wildman–Crippen MR) is 55.0 cm³/mol. The smallest absolute Gasteiger partial charge is 0.407 e. The summed E-state index contributed by atoms with van der Waals surface area (Å²) in [6, 6.07) is -0.151. The standard InChI is InChI=1S/C8H7F3N2O3.ClH/c9-8(10,11)7(12)5-3-4(13(15)16)1-2-6(5)14;/h1-3,7,14H,12H2;1H/t7-;/m0./s1. The first-order valence-corrected chi connectivity index (χ1v) is 4.03. The molecule has 0 aliphatic carbocycles. The second-order valence-corrected chi connectivity index (χ2v) is 3.02. The van der Waals surface area contributed by atoms with Gasteiger partial charge in [-0.05, 0) is 6.07 Å². The van der Waals surface area contributed by atoms with Crippen LogP contribution in [0.4, 0.5) is 18.9 Å². The van der Waals surface area contributed by atoms with Crippen LogP contribution in [0, 0.1) is 10.1 Å². The molecule has 0 amide bonds. The molecular formula is C8H8ClF3N2O3. The summed E-state index contributed by atoms with van der Waals surface area (Å²) in [5.74, 6) is -0.726. The third-order valence-electron chi connectivity index (χ3n) is 1.91. The Morgan fingerprint density at radius 3 is 2.35 bits per heavy atom. The zero-order chi connectivity index (χ0) is 12.5. The summed E-state index contributed by atoms with van der Waals surface area (Å²) in [5, 5.41) is 19.5. The summed E-state index contributed by atoms with van der Waals surface area (Å²) < 4.78 is 36.7. The molecule has 0 spiro atoms. The lowest BCUT2D eigenvalue weighted by Crippen LogP contribution is -2.28. The zero-order valence-electron chi connectivity index (χ0n) is 8.14. The van der Waals surface area contributed by atoms with Crippen molar-refractivity contribution in [1.29, 1.82) is 0 Å². The molecule has 5 nitrogen and oxygen atoms in total. The zero-order valence-corrected chi connectivity index (χ0v) is 8.96. The molecule has 96 valence electrons. The molecule has 1 aromatic rings. The molecule has 0 saturated carbocycles. The van der Waals surface area contributed by atoms with Gasteiger partial charge in [0.2, 0.25) is 0 Å². The van der Waals surface area contributed by atoms with E-state index in [-0.39, 0.29) is 12.4 Å². The summed E-state index contributed by atoms with van der Waals surface area (Å²) in [4.78, 5) is 9.47. The Labute approximate surface area is 99.6 Å². The lowest BCUT2D eigenvalue weighted by molar-refractivity contribution is -0.385. The van der Waals surface area contributed by atoms with Gasteiger partial charge in [-0.25, -0.2) is 0 Å². The normalized spacial score (nSPS) is 12.7. The Morgan fingerprint density at radius 2 is 1.94 bits per heavy atom. The average molecular weight is 273 g/mol. The molecule has 0 aliphatic rings. The average Bonchev–Trinajstić information content (AvgIpc) is 2.15. The van der Waals surface area contributed by atoms with Crippen molar-refractivity contribution in [3.63, 3.8) is 0 Å². The minimum atomic E-state index is -4.77. The van der Waals surface area contributed by atoms with Gasteiger partial charge < -0.3 is 10.8 Å². The minimum absolute atomic E-state index is 0. The molecule has 1 aromatic carbocycles. The van der Waals surface area contributed by atoms with Crippen molar-refractivity contribution in [3.8, 4) is 5.75 Å². The topological polar surface area (TPSA) is 89.4 Å². The number of non-ortho nitro benzene ring substituents is 1. The van der Waals surface area contributed by atoms with Crippen LogP contribution < -0.4 is 5.73 Å². The van der Waals surface area contributed by atoms with Gasteiger partial charge in [0.1, 0.15) is 11.8 Å². The van der Waals surface area contributed by atoms with Crippen molar-refractivity contribution in [3.05, 3.63) is 33.9 Å². The van der Waals surface area contributed by atoms with Gasteiger partial charge in [0, 0.05) is 17.7 Å². The third kappa shape index (κ3) is 3.46. The minimum Gasteiger partial charge on any atom is -0.508 e. The summed E-state index contributed by atoms with van der Waals surface area (Å²) >= 11 is 0. The molecule has 1 atom stereocenters. The van der Waals surface area contributed by atoms with E-state index in [0.29, 0.717) is 6.07 Å². The Hall–Kier alpha value is -1.54. The number of hydrogen-bond donors (Lipinski definition) is 2. The maximum absolute atomic E-state index is 12.2. The lowest BCUT2D eigenvalue weighted by Gasteiger charge is -2.16. The highest BCUT2D eigenvalue weighted by Gasteiger charge is 2.39. The fourth-order valence-corrected chi connectivity index (χ4v) is 1.08. The fraction of sp³-hybridized carbons (Fsp3) is 0.250. The number of nitrogens with two attached hydrogens (primary N) is 1. The van der Waals surface area contributed by atoms with Gasteiger partial charge >= 0.3 is 6.18 Å². The van der Waals surface area contributed by atoms with Gasteiger partial charge in [-0.3, -0.25) is 10.1 Å². The van der Waals surface area contributed by atoms with Crippen molar-refractivity contribution < 1.29 is 23.2 Å². The Balaban J connectivity index is 0.00000256. The number of aromatic hydroxyl groups is 1. The highest BCUT2D eigenvalue weighted by Crippen LogP contribution is 2.36. The number of hydrogen-bond acceptors (Lipinski definition) is 4. The SMILES string of the molecule is Cl.N[C@@H](c1cc([N+](=O)[O-])ccc1O)C(F)(F)F. The fourth-order valence-electron chi connectivity index (χ4n) is 1.08. The molecule has 1 rings (SSSR count). The molecule has 0 unspecified atom stereocenters. The largest absolute Gasteiger partial charge is 0.508 e. The summed E-state index contributed by atoms with van der Waals surface area (Å²) in [6.45, 7) is 0. The summed E-state index contributed by atoms with van der Waals surface area (Å²) in [5.41, 5.74) is 3.55. The predicted octanol–water partition coefficient (Wildman–Crippen LogP) is 2.28. The summed E-state index contributed by atoms with van der Waals surface area (Å²) in [6.07, 6.45) is -4.77. The molecular weight excluding hydrogens is 265 g/mol. The third-order valence-corrected chi connectivity index (χ3v) is 1.91. The number of nitro benzene ring substituents is 1. The maximum Gasteiger partial charge on any atom is 0.407 e. The number of phenols is 1. The number of alkyl halides is 3. The van der Waals surface area contributed by atoms with Gasteiger partial charge in [0.15, 0.2) is 0 Å². The molecule has 0 fully saturated rings. The monoisotopic (exact) mass is 272 g/mol. The highest BCUT2D eigenvalue weighted by molar-refractivity contribution is 5.85. The van der Waals surface area contributed by atoms with Crippen LogP contribution in [-0.2, 0) is 0 Å². The van der Waals surface area contributed by atoms with Crippen molar-refractivity contribution in [2.45, 2.75) is 12.2 Å². The number of rotatable bonds is 2. The number of benzene rings is 1. The van der Waals surface area contributed by atoms with Crippen LogP contribution in [0.5, 0.6) is 5.75 Å². The molecule has 0 aromatic heterocycles. The van der Waals surface area contributed by atoms with Gasteiger partial charge in [-0.15, -0.1) is 12.4 Å². The first-order chi connectivity index (χ1) is 7.23.